The van der Waals surface area contributed by atoms with Gasteiger partial charge in [0.2, 0.25) is 0 Å². The molecular formula is C20H15ClN4O3S2. The molecule has 0 unspecified atom stereocenters. The maximum absolute atomic E-state index is 12.5. The van der Waals surface area contributed by atoms with E-state index in [2.05, 4.69) is 20.0 Å². The first-order chi connectivity index (χ1) is 14.4. The normalized spacial score (nSPS) is 11.4. The first-order valence-electron chi connectivity index (χ1n) is 8.77. The van der Waals surface area contributed by atoms with E-state index in [1.54, 1.807) is 36.7 Å². The van der Waals surface area contributed by atoms with Crippen LogP contribution in [0.3, 0.4) is 0 Å². The number of fused-ring (bicyclic) bond motifs is 1. The van der Waals surface area contributed by atoms with Crippen LogP contribution in [0.4, 0.5) is 5.13 Å². The average molecular weight is 459 g/mol. The highest BCUT2D eigenvalue weighted by atomic mass is 35.5. The Morgan fingerprint density at radius 3 is 2.63 bits per heavy atom. The minimum atomic E-state index is -3.79. The van der Waals surface area contributed by atoms with Gasteiger partial charge in [-0.1, -0.05) is 29.0 Å². The largest absolute Gasteiger partial charge is 0.348 e. The standard InChI is InChI=1S/C20H15ClN4O3S2/c21-15-4-6-16(7-5-15)30(27,28)25-20-24-17-8-3-14(10-18(17)29-20)19(26)23-12-13-2-1-9-22-11-13/h1-11H,12H2,(H,23,26)(H,24,25). The molecule has 0 radical (unpaired) electrons. The first kappa shape index (κ1) is 20.3. The van der Waals surface area contributed by atoms with E-state index in [0.717, 1.165) is 16.9 Å². The Balaban J connectivity index is 1.50. The van der Waals surface area contributed by atoms with Gasteiger partial charge in [-0.3, -0.25) is 14.5 Å². The average Bonchev–Trinajstić information content (AvgIpc) is 3.13. The number of anilines is 1. The molecule has 2 N–H and O–H groups in total. The Bertz CT molecular complexity index is 1310. The summed E-state index contributed by atoms with van der Waals surface area (Å²) in [4.78, 5) is 20.8. The number of carbonyl (C=O) groups excluding carboxylic acids is 1. The fourth-order valence-corrected chi connectivity index (χ4v) is 4.95. The van der Waals surface area contributed by atoms with Crippen molar-refractivity contribution in [2.45, 2.75) is 11.4 Å². The van der Waals surface area contributed by atoms with E-state index >= 15 is 0 Å². The molecule has 0 aliphatic heterocycles. The van der Waals surface area contributed by atoms with E-state index in [1.807, 2.05) is 6.07 Å². The van der Waals surface area contributed by atoms with Crippen LogP contribution >= 0.6 is 22.9 Å². The van der Waals surface area contributed by atoms with Crippen LogP contribution < -0.4 is 10.0 Å². The summed E-state index contributed by atoms with van der Waals surface area (Å²) in [7, 11) is -3.79. The quantitative estimate of drug-likeness (QED) is 0.453. The molecule has 0 aliphatic rings. The molecule has 0 bridgehead atoms. The van der Waals surface area contributed by atoms with Gasteiger partial charge < -0.3 is 5.32 Å². The molecule has 1 amide bonds. The van der Waals surface area contributed by atoms with Crippen molar-refractivity contribution in [3.63, 3.8) is 0 Å². The number of hydrogen-bond acceptors (Lipinski definition) is 6. The molecule has 0 spiro atoms. The topological polar surface area (TPSA) is 101 Å². The van der Waals surface area contributed by atoms with Gasteiger partial charge in [-0.05, 0) is 54.1 Å². The number of halogens is 1. The van der Waals surface area contributed by atoms with Gasteiger partial charge in [-0.25, -0.2) is 13.4 Å². The highest BCUT2D eigenvalue weighted by Gasteiger charge is 2.17. The number of rotatable bonds is 6. The number of aromatic nitrogens is 2. The molecule has 4 rings (SSSR count). The fourth-order valence-electron chi connectivity index (χ4n) is 2.68. The number of nitrogens with one attached hydrogen (secondary N) is 2. The Morgan fingerprint density at radius 2 is 1.90 bits per heavy atom. The number of amides is 1. The molecule has 152 valence electrons. The van der Waals surface area contributed by atoms with Crippen LogP contribution in [-0.4, -0.2) is 24.3 Å². The van der Waals surface area contributed by atoms with Gasteiger partial charge in [0.05, 0.1) is 15.1 Å². The van der Waals surface area contributed by atoms with Crippen LogP contribution in [-0.2, 0) is 16.6 Å². The van der Waals surface area contributed by atoms with Crippen LogP contribution in [0.1, 0.15) is 15.9 Å². The van der Waals surface area contributed by atoms with E-state index in [1.165, 1.54) is 24.3 Å². The minimum Gasteiger partial charge on any atom is -0.348 e. The summed E-state index contributed by atoms with van der Waals surface area (Å²) in [6.07, 6.45) is 3.35. The highest BCUT2D eigenvalue weighted by Crippen LogP contribution is 2.29. The summed E-state index contributed by atoms with van der Waals surface area (Å²) in [5, 5.41) is 3.50. The maximum atomic E-state index is 12.5. The molecule has 2 heterocycles. The van der Waals surface area contributed by atoms with Crippen LogP contribution in [0.2, 0.25) is 5.02 Å². The monoisotopic (exact) mass is 458 g/mol. The lowest BCUT2D eigenvalue weighted by Crippen LogP contribution is -2.22. The fraction of sp³-hybridized carbons (Fsp3) is 0.0500. The summed E-state index contributed by atoms with van der Waals surface area (Å²) < 4.78 is 28.2. The van der Waals surface area contributed by atoms with Crippen LogP contribution in [0.25, 0.3) is 10.2 Å². The Kier molecular flexibility index (Phi) is 5.67. The SMILES string of the molecule is O=C(NCc1cccnc1)c1ccc2nc(NS(=O)(=O)c3ccc(Cl)cc3)sc2c1. The van der Waals surface area contributed by atoms with E-state index in [4.69, 9.17) is 11.6 Å². The molecule has 0 fully saturated rings. The number of carbonyl (C=O) groups is 1. The predicted molar refractivity (Wildman–Crippen MR) is 117 cm³/mol. The van der Waals surface area contributed by atoms with Gasteiger partial charge in [0, 0.05) is 29.5 Å². The van der Waals surface area contributed by atoms with Crippen LogP contribution in [0.15, 0.2) is 71.9 Å². The van der Waals surface area contributed by atoms with Gasteiger partial charge in [0.25, 0.3) is 15.9 Å². The van der Waals surface area contributed by atoms with Crippen molar-refractivity contribution >= 4 is 54.2 Å². The lowest BCUT2D eigenvalue weighted by Gasteiger charge is -2.05. The van der Waals surface area contributed by atoms with Crippen molar-refractivity contribution in [3.8, 4) is 0 Å². The third-order valence-electron chi connectivity index (χ3n) is 4.17. The first-order valence-corrected chi connectivity index (χ1v) is 11.4. The van der Waals surface area contributed by atoms with Crippen LogP contribution in [0, 0.1) is 0 Å². The molecule has 30 heavy (non-hydrogen) atoms. The minimum absolute atomic E-state index is 0.0848. The lowest BCUT2D eigenvalue weighted by molar-refractivity contribution is 0.0951. The molecular weight excluding hydrogens is 444 g/mol. The maximum Gasteiger partial charge on any atom is 0.263 e. The second-order valence-corrected chi connectivity index (χ2v) is 9.45. The molecule has 0 atom stereocenters. The number of thiazole rings is 1. The number of nitrogens with zero attached hydrogens (tertiary/aromatic N) is 2. The van der Waals surface area contributed by atoms with Gasteiger partial charge in [-0.15, -0.1) is 0 Å². The lowest BCUT2D eigenvalue weighted by atomic mass is 10.2. The van der Waals surface area contributed by atoms with Crippen molar-refractivity contribution in [2.24, 2.45) is 0 Å². The number of sulfonamides is 1. The predicted octanol–water partition coefficient (Wildman–Crippen LogP) is 4.08. The van der Waals surface area contributed by atoms with Crippen molar-refractivity contribution in [3.05, 3.63) is 83.1 Å². The molecule has 4 aromatic rings. The summed E-state index contributed by atoms with van der Waals surface area (Å²) in [5.74, 6) is -0.238. The molecule has 2 aromatic heterocycles. The Labute approximate surface area is 181 Å². The third-order valence-corrected chi connectivity index (χ3v) is 6.84. The smallest absolute Gasteiger partial charge is 0.263 e. The molecule has 0 saturated carbocycles. The van der Waals surface area contributed by atoms with Gasteiger partial charge in [0.15, 0.2) is 5.13 Å². The summed E-state index contributed by atoms with van der Waals surface area (Å²) >= 11 is 6.96. The zero-order chi connectivity index (χ0) is 21.1. The second kappa shape index (κ2) is 8.39. The second-order valence-electron chi connectivity index (χ2n) is 6.30. The van der Waals surface area contributed by atoms with E-state index in [0.29, 0.717) is 27.3 Å². The molecule has 0 saturated heterocycles. The van der Waals surface area contributed by atoms with E-state index in [9.17, 15) is 13.2 Å². The zero-order valence-electron chi connectivity index (χ0n) is 15.4. The van der Waals surface area contributed by atoms with Gasteiger partial charge in [0.1, 0.15) is 0 Å². The van der Waals surface area contributed by atoms with Gasteiger partial charge in [-0.2, -0.15) is 0 Å². The summed E-state index contributed by atoms with van der Waals surface area (Å²) in [6, 6.07) is 14.5. The third kappa shape index (κ3) is 4.59. The van der Waals surface area contributed by atoms with E-state index < -0.39 is 10.0 Å². The molecule has 2 aromatic carbocycles. The van der Waals surface area contributed by atoms with E-state index in [-0.39, 0.29) is 15.9 Å². The van der Waals surface area contributed by atoms with Gasteiger partial charge >= 0.3 is 0 Å². The zero-order valence-corrected chi connectivity index (χ0v) is 17.8. The molecule has 10 heteroatoms. The number of pyridine rings is 1. The van der Waals surface area contributed by atoms with Crippen molar-refractivity contribution in [2.75, 3.05) is 4.72 Å². The molecule has 0 aliphatic carbocycles. The number of hydrogen-bond donors (Lipinski definition) is 2. The highest BCUT2D eigenvalue weighted by molar-refractivity contribution is 7.93. The van der Waals surface area contributed by atoms with Crippen molar-refractivity contribution < 1.29 is 13.2 Å². The number of benzene rings is 2. The summed E-state index contributed by atoms with van der Waals surface area (Å²) in [5.41, 5.74) is 1.95. The Hall–Kier alpha value is -3.01. The van der Waals surface area contributed by atoms with Crippen molar-refractivity contribution in [1.82, 2.24) is 15.3 Å². The summed E-state index contributed by atoms with van der Waals surface area (Å²) in [6.45, 7) is 0.361. The Morgan fingerprint density at radius 1 is 1.10 bits per heavy atom. The molecule has 7 nitrogen and oxygen atoms in total. The van der Waals surface area contributed by atoms with Crippen molar-refractivity contribution in [1.29, 1.82) is 0 Å². The van der Waals surface area contributed by atoms with Crippen LogP contribution in [0.5, 0.6) is 0 Å².